The molecule has 248 valence electrons. The Morgan fingerprint density at radius 3 is 2.52 bits per heavy atom. The summed E-state index contributed by atoms with van der Waals surface area (Å²) >= 11 is 0. The Labute approximate surface area is 255 Å². The van der Waals surface area contributed by atoms with Crippen LogP contribution in [0.15, 0.2) is 39.5 Å². The molecule has 4 rings (SSSR count). The second kappa shape index (κ2) is 16.4. The van der Waals surface area contributed by atoms with Gasteiger partial charge in [-0.05, 0) is 37.0 Å². The number of ether oxygens (including phenoxy) is 8. The Morgan fingerprint density at radius 1 is 1.07 bits per heavy atom. The van der Waals surface area contributed by atoms with Gasteiger partial charge in [-0.15, -0.1) is 0 Å². The molecule has 0 amide bonds. The molecule has 2 aromatic rings. The van der Waals surface area contributed by atoms with E-state index in [0.717, 1.165) is 5.39 Å². The van der Waals surface area contributed by atoms with E-state index in [1.807, 2.05) is 13.0 Å². The van der Waals surface area contributed by atoms with Crippen LogP contribution in [0.2, 0.25) is 0 Å². The number of nitrogens with two attached hydrogens (primary N) is 1. The summed E-state index contributed by atoms with van der Waals surface area (Å²) in [5.41, 5.74) is 4.58. The van der Waals surface area contributed by atoms with Crippen molar-refractivity contribution < 1.29 is 57.6 Å². The van der Waals surface area contributed by atoms with E-state index in [-0.39, 0.29) is 19.6 Å². The second-order valence-electron chi connectivity index (χ2n) is 11.0. The highest BCUT2D eigenvalue weighted by Crippen LogP contribution is 2.39. The van der Waals surface area contributed by atoms with Crippen molar-refractivity contribution in [2.24, 2.45) is 11.7 Å². The van der Waals surface area contributed by atoms with Crippen LogP contribution >= 0.6 is 0 Å². The predicted molar refractivity (Wildman–Crippen MR) is 155 cm³/mol. The Balaban J connectivity index is 1.19. The molecule has 5 unspecified atom stereocenters. The van der Waals surface area contributed by atoms with Crippen molar-refractivity contribution in [1.82, 2.24) is 0 Å². The molecular formula is C30H45NO13. The van der Waals surface area contributed by atoms with E-state index in [0.29, 0.717) is 50.8 Å². The summed E-state index contributed by atoms with van der Waals surface area (Å²) in [5, 5.41) is 32.3. The van der Waals surface area contributed by atoms with Gasteiger partial charge < -0.3 is 63.4 Å². The predicted octanol–water partition coefficient (Wildman–Crippen LogP) is 0.161. The molecule has 0 spiro atoms. The lowest BCUT2D eigenvalue weighted by molar-refractivity contribution is -0.355. The average Bonchev–Trinajstić information content (AvgIpc) is 3.01. The van der Waals surface area contributed by atoms with Crippen LogP contribution in [0.1, 0.15) is 19.8 Å². The van der Waals surface area contributed by atoms with Gasteiger partial charge in [-0.2, -0.15) is 0 Å². The van der Waals surface area contributed by atoms with E-state index in [2.05, 4.69) is 0 Å². The molecule has 1 aromatic heterocycles. The number of methoxy groups -OCH3 is 2. The summed E-state index contributed by atoms with van der Waals surface area (Å²) in [6.45, 7) is 3.17. The van der Waals surface area contributed by atoms with Gasteiger partial charge in [0, 0.05) is 38.3 Å². The molecule has 2 saturated heterocycles. The highest BCUT2D eigenvalue weighted by molar-refractivity contribution is 5.77. The fourth-order valence-corrected chi connectivity index (χ4v) is 5.59. The van der Waals surface area contributed by atoms with Crippen molar-refractivity contribution >= 4 is 11.0 Å². The first kappa shape index (κ1) is 34.7. The van der Waals surface area contributed by atoms with E-state index < -0.39 is 60.2 Å². The van der Waals surface area contributed by atoms with Crippen molar-refractivity contribution in [1.29, 1.82) is 0 Å². The van der Waals surface area contributed by atoms with Crippen molar-refractivity contribution in [2.45, 2.75) is 68.4 Å². The monoisotopic (exact) mass is 627 g/mol. The van der Waals surface area contributed by atoms with Crippen LogP contribution in [0.3, 0.4) is 0 Å². The maximum Gasteiger partial charge on any atom is 0.336 e. The summed E-state index contributed by atoms with van der Waals surface area (Å²) in [7, 11) is 2.91. The molecule has 2 aliphatic rings. The maximum absolute atomic E-state index is 11.9. The first-order valence-corrected chi connectivity index (χ1v) is 14.8. The molecule has 5 N–H and O–H groups in total. The second-order valence-corrected chi connectivity index (χ2v) is 11.0. The highest BCUT2D eigenvalue weighted by atomic mass is 16.7. The van der Waals surface area contributed by atoms with Crippen molar-refractivity contribution in [3.8, 4) is 5.75 Å². The number of aliphatic hydroxyl groups is 3. The standard InChI is InChI=1S/C30H45NO13/c1-18(8-9-38-10-11-39-12-13-40-20-6-4-19-5-7-26(34)42-23(19)14-20)30(35)27(36-2)25(17-41-29(30)37-3)44-28-21(31)15-22(33)24(16-32)43-28/h4-7,14,18,21-22,24-25,27-29,32-33,35H,8-13,15-17,31H2,1-3H3/t18-,21+,22?,24?,25-,27?,28?,29?,30-/m1/s1. The minimum atomic E-state index is -1.61. The Hall–Kier alpha value is -2.21. The lowest BCUT2D eigenvalue weighted by Gasteiger charge is -2.51. The van der Waals surface area contributed by atoms with Crippen LogP contribution < -0.4 is 16.1 Å². The molecule has 2 aliphatic heterocycles. The zero-order chi connectivity index (χ0) is 31.7. The summed E-state index contributed by atoms with van der Waals surface area (Å²) in [5.74, 6) is 0.168. The third-order valence-electron chi connectivity index (χ3n) is 8.09. The van der Waals surface area contributed by atoms with Gasteiger partial charge in [-0.1, -0.05) is 6.92 Å². The summed E-state index contributed by atoms with van der Waals surface area (Å²) in [4.78, 5) is 11.4. The largest absolute Gasteiger partial charge is 0.491 e. The van der Waals surface area contributed by atoms with E-state index >= 15 is 0 Å². The normalized spacial score (nSPS) is 31.7. The third kappa shape index (κ3) is 8.33. The molecule has 0 saturated carbocycles. The van der Waals surface area contributed by atoms with Crippen LogP contribution in [-0.4, -0.2) is 124 Å². The molecule has 2 fully saturated rings. The van der Waals surface area contributed by atoms with E-state index in [9.17, 15) is 20.1 Å². The fourth-order valence-electron chi connectivity index (χ4n) is 5.59. The number of aliphatic hydroxyl groups excluding tert-OH is 2. The summed E-state index contributed by atoms with van der Waals surface area (Å²) in [6, 6.07) is 7.69. The molecule has 14 nitrogen and oxygen atoms in total. The Bertz CT molecular complexity index is 1210. The molecule has 0 aliphatic carbocycles. The number of hydrogen-bond acceptors (Lipinski definition) is 14. The van der Waals surface area contributed by atoms with Crippen molar-refractivity contribution in [3.63, 3.8) is 0 Å². The Kier molecular flexibility index (Phi) is 12.9. The first-order chi connectivity index (χ1) is 21.2. The van der Waals surface area contributed by atoms with Crippen molar-refractivity contribution in [2.75, 3.05) is 60.5 Å². The number of hydrogen-bond donors (Lipinski definition) is 4. The lowest BCUT2D eigenvalue weighted by Crippen LogP contribution is -2.68. The quantitative estimate of drug-likeness (QED) is 0.145. The van der Waals surface area contributed by atoms with Crippen LogP contribution in [0.25, 0.3) is 11.0 Å². The summed E-state index contributed by atoms with van der Waals surface area (Å²) < 4.78 is 51.0. The lowest BCUT2D eigenvalue weighted by atomic mass is 9.77. The zero-order valence-electron chi connectivity index (χ0n) is 25.4. The molecule has 9 atom stereocenters. The number of fused-ring (bicyclic) bond motifs is 1. The van der Waals surface area contributed by atoms with Crippen LogP contribution in [0.5, 0.6) is 5.75 Å². The van der Waals surface area contributed by atoms with Crippen molar-refractivity contribution in [3.05, 3.63) is 40.8 Å². The molecule has 0 radical (unpaired) electrons. The van der Waals surface area contributed by atoms with Crippen LogP contribution in [0, 0.1) is 5.92 Å². The van der Waals surface area contributed by atoms with Crippen LogP contribution in [-0.2, 0) is 33.2 Å². The van der Waals surface area contributed by atoms with Gasteiger partial charge in [0.25, 0.3) is 0 Å². The maximum atomic E-state index is 11.9. The summed E-state index contributed by atoms with van der Waals surface area (Å²) in [6.07, 6.45) is -4.68. The smallest absolute Gasteiger partial charge is 0.336 e. The third-order valence-corrected chi connectivity index (χ3v) is 8.09. The zero-order valence-corrected chi connectivity index (χ0v) is 25.4. The van der Waals surface area contributed by atoms with Gasteiger partial charge in [0.15, 0.2) is 12.6 Å². The van der Waals surface area contributed by atoms with E-state index in [4.69, 9.17) is 48.0 Å². The van der Waals surface area contributed by atoms with Gasteiger partial charge >= 0.3 is 5.63 Å². The molecule has 3 heterocycles. The SMILES string of the molecule is COC1OC[C@@H](OC2OC(CO)C(O)C[C@@H]2N)C(OC)[C@]1(O)[C@H](C)CCOCCOCCOc1ccc2ccc(=O)oc2c1. The first-order valence-electron chi connectivity index (χ1n) is 14.8. The Morgan fingerprint density at radius 2 is 1.80 bits per heavy atom. The number of rotatable bonds is 16. The van der Waals surface area contributed by atoms with Gasteiger partial charge in [-0.3, -0.25) is 0 Å². The highest BCUT2D eigenvalue weighted by Gasteiger charge is 2.57. The minimum Gasteiger partial charge on any atom is -0.491 e. The van der Waals surface area contributed by atoms with Crippen LogP contribution in [0.4, 0.5) is 0 Å². The van der Waals surface area contributed by atoms with Gasteiger partial charge in [0.05, 0.1) is 45.2 Å². The van der Waals surface area contributed by atoms with E-state index in [1.54, 1.807) is 18.2 Å². The molecule has 14 heteroatoms. The van der Waals surface area contributed by atoms with Gasteiger partial charge in [0.2, 0.25) is 0 Å². The molecule has 0 bridgehead atoms. The average molecular weight is 628 g/mol. The molecule has 44 heavy (non-hydrogen) atoms. The minimum absolute atomic E-state index is 0.0415. The van der Waals surface area contributed by atoms with E-state index in [1.165, 1.54) is 20.3 Å². The van der Waals surface area contributed by atoms with Gasteiger partial charge in [-0.25, -0.2) is 4.79 Å². The topological polar surface area (TPSA) is 191 Å². The number of benzene rings is 1. The molecular weight excluding hydrogens is 582 g/mol. The molecule has 1 aromatic carbocycles. The fraction of sp³-hybridized carbons (Fsp3) is 0.700. The van der Waals surface area contributed by atoms with Gasteiger partial charge in [0.1, 0.15) is 41.9 Å².